The maximum absolute atomic E-state index is 9.47. The molecule has 1 fully saturated rings. The van der Waals surface area contributed by atoms with E-state index in [9.17, 15) is 5.11 Å². The van der Waals surface area contributed by atoms with Crippen molar-refractivity contribution in [2.45, 2.75) is 26.5 Å². The summed E-state index contributed by atoms with van der Waals surface area (Å²) in [7, 11) is 0. The smallest absolute Gasteiger partial charge is 0.136 e. The first kappa shape index (κ1) is 14.3. The number of rotatable bonds is 3. The number of hydrogen-bond donors (Lipinski definition) is 1. The fraction of sp³-hybridized carbons (Fsp3) is 0.471. The molecule has 21 heavy (non-hydrogen) atoms. The van der Waals surface area contributed by atoms with E-state index in [-0.39, 0.29) is 6.61 Å². The summed E-state index contributed by atoms with van der Waals surface area (Å²) in [5.74, 6) is 1.05. The van der Waals surface area contributed by atoms with Crippen molar-refractivity contribution in [3.8, 4) is 0 Å². The predicted molar refractivity (Wildman–Crippen MR) is 86.6 cm³/mol. The molecule has 3 rings (SSSR count). The van der Waals surface area contributed by atoms with Gasteiger partial charge in [-0.3, -0.25) is 4.90 Å². The Morgan fingerprint density at radius 2 is 1.76 bits per heavy atom. The van der Waals surface area contributed by atoms with E-state index in [2.05, 4.69) is 40.8 Å². The summed E-state index contributed by atoms with van der Waals surface area (Å²) in [6, 6.07) is 8.83. The van der Waals surface area contributed by atoms with Crippen molar-refractivity contribution in [1.82, 2.24) is 9.88 Å². The zero-order chi connectivity index (χ0) is 14.8. The minimum Gasteiger partial charge on any atom is -0.392 e. The van der Waals surface area contributed by atoms with Gasteiger partial charge in [0.2, 0.25) is 0 Å². The lowest BCUT2D eigenvalue weighted by Gasteiger charge is -2.38. The molecule has 1 saturated heterocycles. The zero-order valence-corrected chi connectivity index (χ0v) is 12.8. The first-order valence-electron chi connectivity index (χ1n) is 7.67. The highest BCUT2D eigenvalue weighted by atomic mass is 16.3. The average molecular weight is 285 g/mol. The number of aliphatic hydroxyl groups is 1. The van der Waals surface area contributed by atoms with Gasteiger partial charge in [-0.2, -0.15) is 0 Å². The van der Waals surface area contributed by atoms with E-state index in [0.717, 1.165) is 48.3 Å². The van der Waals surface area contributed by atoms with Crippen LogP contribution in [0.4, 0.5) is 5.82 Å². The average Bonchev–Trinajstić information content (AvgIpc) is 2.54. The molecule has 0 aliphatic carbocycles. The number of pyridine rings is 1. The fourth-order valence-electron chi connectivity index (χ4n) is 3.06. The molecule has 112 valence electrons. The zero-order valence-electron chi connectivity index (χ0n) is 12.8. The number of nitrogens with zero attached hydrogens (tertiary/aromatic N) is 3. The highest BCUT2D eigenvalue weighted by molar-refractivity contribution is 5.94. The molecule has 0 spiro atoms. The van der Waals surface area contributed by atoms with Crippen LogP contribution < -0.4 is 4.90 Å². The molecule has 2 aromatic rings. The van der Waals surface area contributed by atoms with E-state index < -0.39 is 0 Å². The normalized spacial score (nSPS) is 16.9. The summed E-state index contributed by atoms with van der Waals surface area (Å²) >= 11 is 0. The van der Waals surface area contributed by atoms with Crippen molar-refractivity contribution in [2.75, 3.05) is 31.1 Å². The predicted octanol–water partition coefficient (Wildman–Crippen LogP) is 2.26. The molecular formula is C17H23N3O. The van der Waals surface area contributed by atoms with Crippen molar-refractivity contribution < 1.29 is 5.11 Å². The summed E-state index contributed by atoms with van der Waals surface area (Å²) in [4.78, 5) is 9.48. The Hall–Kier alpha value is -1.65. The van der Waals surface area contributed by atoms with Crippen LogP contribution in [0, 0.1) is 0 Å². The Bertz CT molecular complexity index is 618. The number of aliphatic hydroxyl groups excluding tert-OH is 1. The van der Waals surface area contributed by atoms with Crippen molar-refractivity contribution in [3.63, 3.8) is 0 Å². The third-order valence-electron chi connectivity index (χ3n) is 4.37. The van der Waals surface area contributed by atoms with E-state index >= 15 is 0 Å². The molecule has 1 aliphatic rings. The van der Waals surface area contributed by atoms with Gasteiger partial charge in [-0.1, -0.05) is 24.3 Å². The van der Waals surface area contributed by atoms with E-state index in [1.165, 1.54) is 0 Å². The summed E-state index contributed by atoms with van der Waals surface area (Å²) in [5.41, 5.74) is 0.898. The minimum atomic E-state index is 0.0366. The Balaban J connectivity index is 1.92. The van der Waals surface area contributed by atoms with Crippen LogP contribution >= 0.6 is 0 Å². The minimum absolute atomic E-state index is 0.0366. The molecule has 0 bridgehead atoms. The number of hydrogen-bond acceptors (Lipinski definition) is 4. The van der Waals surface area contributed by atoms with Crippen molar-refractivity contribution >= 4 is 16.6 Å². The number of piperazine rings is 1. The largest absolute Gasteiger partial charge is 0.392 e. The molecule has 4 nitrogen and oxygen atoms in total. The fourth-order valence-corrected chi connectivity index (χ4v) is 3.06. The molecule has 1 aromatic heterocycles. The van der Waals surface area contributed by atoms with Crippen LogP contribution in [0.2, 0.25) is 0 Å². The molecule has 0 unspecified atom stereocenters. The molecule has 0 saturated carbocycles. The highest BCUT2D eigenvalue weighted by Gasteiger charge is 2.21. The lowest BCUT2D eigenvalue weighted by Crippen LogP contribution is -2.49. The van der Waals surface area contributed by atoms with E-state index in [1.54, 1.807) is 0 Å². The quantitative estimate of drug-likeness (QED) is 0.939. The van der Waals surface area contributed by atoms with Crippen LogP contribution in [-0.4, -0.2) is 47.2 Å². The van der Waals surface area contributed by atoms with Gasteiger partial charge in [0.15, 0.2) is 0 Å². The molecule has 0 radical (unpaired) electrons. The molecule has 1 N–H and O–H groups in total. The molecule has 1 aliphatic heterocycles. The summed E-state index contributed by atoms with van der Waals surface area (Å²) in [6.45, 7) is 8.71. The van der Waals surface area contributed by atoms with E-state index in [1.807, 2.05) is 18.3 Å². The van der Waals surface area contributed by atoms with Gasteiger partial charge < -0.3 is 10.0 Å². The molecule has 0 amide bonds. The second kappa shape index (κ2) is 6.00. The van der Waals surface area contributed by atoms with Crippen LogP contribution in [0.1, 0.15) is 19.4 Å². The Kier molecular flexibility index (Phi) is 4.08. The standard InChI is InChI=1S/C17H23N3O/c1-13(2)19-7-9-20(10-8-19)17-16-6-4-3-5-15(16)14(12-21)11-18-17/h3-6,11,13,21H,7-10,12H2,1-2H3. The monoisotopic (exact) mass is 285 g/mol. The van der Waals surface area contributed by atoms with Crippen molar-refractivity contribution in [3.05, 3.63) is 36.0 Å². The Morgan fingerprint density at radius 3 is 2.38 bits per heavy atom. The molecule has 1 aromatic carbocycles. The summed E-state index contributed by atoms with van der Waals surface area (Å²) < 4.78 is 0. The first-order chi connectivity index (χ1) is 10.2. The van der Waals surface area contributed by atoms with Crippen molar-refractivity contribution in [1.29, 1.82) is 0 Å². The second-order valence-electron chi connectivity index (χ2n) is 5.93. The van der Waals surface area contributed by atoms with Crippen molar-refractivity contribution in [2.24, 2.45) is 0 Å². The first-order valence-corrected chi connectivity index (χ1v) is 7.67. The van der Waals surface area contributed by atoms with Crippen LogP contribution in [0.5, 0.6) is 0 Å². The molecular weight excluding hydrogens is 262 g/mol. The van der Waals surface area contributed by atoms with E-state index in [0.29, 0.717) is 6.04 Å². The molecule has 2 heterocycles. The third kappa shape index (κ3) is 2.74. The summed E-state index contributed by atoms with van der Waals surface area (Å²) in [6.07, 6.45) is 1.81. The van der Waals surface area contributed by atoms with Gasteiger partial charge in [-0.25, -0.2) is 4.98 Å². The maximum Gasteiger partial charge on any atom is 0.136 e. The third-order valence-corrected chi connectivity index (χ3v) is 4.37. The number of benzene rings is 1. The Labute approximate surface area is 126 Å². The van der Waals surface area contributed by atoms with Gasteiger partial charge in [0, 0.05) is 49.4 Å². The van der Waals surface area contributed by atoms with Gasteiger partial charge in [0.05, 0.1) is 6.61 Å². The lowest BCUT2D eigenvalue weighted by molar-refractivity contribution is 0.209. The topological polar surface area (TPSA) is 39.6 Å². The Morgan fingerprint density at radius 1 is 1.10 bits per heavy atom. The highest BCUT2D eigenvalue weighted by Crippen LogP contribution is 2.28. The van der Waals surface area contributed by atoms with Crippen LogP contribution in [-0.2, 0) is 6.61 Å². The molecule has 4 heteroatoms. The second-order valence-corrected chi connectivity index (χ2v) is 5.93. The molecule has 0 atom stereocenters. The van der Waals surface area contributed by atoms with Gasteiger partial charge in [0.25, 0.3) is 0 Å². The summed E-state index contributed by atoms with van der Waals surface area (Å²) in [5, 5.41) is 11.7. The number of fused-ring (bicyclic) bond motifs is 1. The maximum atomic E-state index is 9.47. The van der Waals surface area contributed by atoms with Gasteiger partial charge in [0.1, 0.15) is 5.82 Å². The van der Waals surface area contributed by atoms with Gasteiger partial charge >= 0.3 is 0 Å². The SMILES string of the molecule is CC(C)N1CCN(c2ncc(CO)c3ccccc23)CC1. The van der Waals surface area contributed by atoms with Crippen LogP contribution in [0.3, 0.4) is 0 Å². The lowest BCUT2D eigenvalue weighted by atomic mass is 10.1. The van der Waals surface area contributed by atoms with Crippen LogP contribution in [0.15, 0.2) is 30.5 Å². The van der Waals surface area contributed by atoms with Gasteiger partial charge in [-0.05, 0) is 19.2 Å². The number of aromatic nitrogens is 1. The van der Waals surface area contributed by atoms with Gasteiger partial charge in [-0.15, -0.1) is 0 Å². The number of anilines is 1. The van der Waals surface area contributed by atoms with Crippen LogP contribution in [0.25, 0.3) is 10.8 Å². The van der Waals surface area contributed by atoms with E-state index in [4.69, 9.17) is 0 Å².